The highest BCUT2D eigenvalue weighted by Crippen LogP contribution is 2.27. The monoisotopic (exact) mass is 408 g/mol. The molecule has 4 heterocycles. The molecule has 0 aliphatic carbocycles. The maximum absolute atomic E-state index is 13.1. The Balaban J connectivity index is 1.61. The van der Waals surface area contributed by atoms with Gasteiger partial charge in [0, 0.05) is 17.0 Å². The van der Waals surface area contributed by atoms with Gasteiger partial charge in [-0.15, -0.1) is 22.7 Å². The minimum absolute atomic E-state index is 0.000250. The summed E-state index contributed by atoms with van der Waals surface area (Å²) in [6, 6.07) is 8.94. The van der Waals surface area contributed by atoms with Gasteiger partial charge in [0.1, 0.15) is 0 Å². The molecule has 0 aromatic carbocycles. The van der Waals surface area contributed by atoms with Crippen molar-refractivity contribution in [2.45, 2.75) is 19.0 Å². The average Bonchev–Trinajstić information content (AvgIpc) is 3.37. The van der Waals surface area contributed by atoms with Crippen LogP contribution < -0.4 is 0 Å². The Kier molecular flexibility index (Phi) is 4.68. The third kappa shape index (κ3) is 3.60. The van der Waals surface area contributed by atoms with Crippen molar-refractivity contribution in [3.63, 3.8) is 0 Å². The molecular weight excluding hydrogens is 392 g/mol. The van der Waals surface area contributed by atoms with Crippen molar-refractivity contribution in [3.05, 3.63) is 51.7 Å². The second-order valence-corrected chi connectivity index (χ2v) is 10.3. The number of carbonyl (C=O) groups is 1. The van der Waals surface area contributed by atoms with Gasteiger partial charge in [0.2, 0.25) is 0 Å². The smallest absolute Gasteiger partial charge is 0.276 e. The van der Waals surface area contributed by atoms with Gasteiger partial charge in [-0.2, -0.15) is 0 Å². The van der Waals surface area contributed by atoms with Gasteiger partial charge in [0.25, 0.3) is 5.91 Å². The first-order valence-corrected chi connectivity index (χ1v) is 11.6. The van der Waals surface area contributed by atoms with E-state index in [9.17, 15) is 13.2 Å². The van der Waals surface area contributed by atoms with E-state index in [1.54, 1.807) is 22.3 Å². The van der Waals surface area contributed by atoms with Crippen molar-refractivity contribution in [2.75, 3.05) is 11.5 Å². The van der Waals surface area contributed by atoms with Crippen LogP contribution in [-0.2, 0) is 16.4 Å². The topological polar surface area (TPSA) is 80.5 Å². The number of amides is 1. The fourth-order valence-electron chi connectivity index (χ4n) is 3.02. The lowest BCUT2D eigenvalue weighted by molar-refractivity contribution is 0.0672. The van der Waals surface area contributed by atoms with Crippen LogP contribution in [0.5, 0.6) is 0 Å². The molecule has 0 radical (unpaired) electrons. The van der Waals surface area contributed by atoms with Gasteiger partial charge in [0.15, 0.2) is 21.3 Å². The molecule has 0 saturated carbocycles. The summed E-state index contributed by atoms with van der Waals surface area (Å²) in [6.07, 6.45) is 0.453. The first-order valence-electron chi connectivity index (χ1n) is 8.06. The Morgan fingerprint density at radius 3 is 2.73 bits per heavy atom. The largest absolute Gasteiger partial charge is 0.355 e. The van der Waals surface area contributed by atoms with Gasteiger partial charge in [-0.3, -0.25) is 4.79 Å². The maximum atomic E-state index is 13.1. The number of rotatable bonds is 5. The van der Waals surface area contributed by atoms with Crippen molar-refractivity contribution in [2.24, 2.45) is 0 Å². The highest BCUT2D eigenvalue weighted by Gasteiger charge is 2.36. The summed E-state index contributed by atoms with van der Waals surface area (Å²) in [5, 5.41) is 7.79. The molecule has 0 unspecified atom stereocenters. The van der Waals surface area contributed by atoms with Crippen LogP contribution in [0.1, 0.15) is 21.8 Å². The van der Waals surface area contributed by atoms with E-state index in [2.05, 4.69) is 5.16 Å². The fraction of sp³-hybridized carbons (Fsp3) is 0.294. The molecule has 0 bridgehead atoms. The summed E-state index contributed by atoms with van der Waals surface area (Å²) in [5.41, 5.74) is 0.203. The minimum Gasteiger partial charge on any atom is -0.355 e. The van der Waals surface area contributed by atoms with E-state index in [1.807, 2.05) is 35.0 Å². The van der Waals surface area contributed by atoms with Gasteiger partial charge >= 0.3 is 0 Å². The molecule has 0 spiro atoms. The van der Waals surface area contributed by atoms with Crippen LogP contribution in [-0.4, -0.2) is 41.9 Å². The Hall–Kier alpha value is -1.97. The summed E-state index contributed by atoms with van der Waals surface area (Å²) in [4.78, 5) is 16.6. The zero-order chi connectivity index (χ0) is 18.1. The second-order valence-electron chi connectivity index (χ2n) is 6.12. The van der Waals surface area contributed by atoms with Crippen LogP contribution in [0.15, 0.2) is 45.6 Å². The Morgan fingerprint density at radius 2 is 2.08 bits per heavy atom. The standard InChI is InChI=1S/C17H16N2O4S3/c20-17(14-9-15(23-18-14)16-4-2-7-25-16)19(10-13-3-1-6-24-13)12-5-8-26(21,22)11-12/h1-4,6-7,9,12H,5,8,10-11H2/t12-/m0/s1. The molecule has 4 rings (SSSR count). The van der Waals surface area contributed by atoms with Gasteiger partial charge in [0.05, 0.1) is 22.9 Å². The number of thiophene rings is 2. The van der Waals surface area contributed by atoms with Gasteiger partial charge < -0.3 is 9.42 Å². The van der Waals surface area contributed by atoms with Gasteiger partial charge in [-0.05, 0) is 29.3 Å². The van der Waals surface area contributed by atoms with Gasteiger partial charge in [-0.1, -0.05) is 17.3 Å². The molecule has 3 aromatic rings. The molecule has 1 amide bonds. The molecule has 26 heavy (non-hydrogen) atoms. The molecule has 9 heteroatoms. The summed E-state index contributed by atoms with van der Waals surface area (Å²) in [6.45, 7) is 0.373. The summed E-state index contributed by atoms with van der Waals surface area (Å²) in [5.74, 6) is 0.357. The van der Waals surface area contributed by atoms with Crippen LogP contribution in [0.4, 0.5) is 0 Å². The minimum atomic E-state index is -3.10. The molecular formula is C17H16N2O4S3. The molecule has 1 aliphatic heterocycles. The third-order valence-electron chi connectivity index (χ3n) is 4.31. The van der Waals surface area contributed by atoms with Gasteiger partial charge in [-0.25, -0.2) is 8.42 Å². The third-order valence-corrected chi connectivity index (χ3v) is 7.81. The fourth-order valence-corrected chi connectivity index (χ4v) is 6.12. The zero-order valence-electron chi connectivity index (χ0n) is 13.7. The van der Waals surface area contributed by atoms with Crippen molar-refractivity contribution in [1.82, 2.24) is 10.1 Å². The van der Waals surface area contributed by atoms with Crippen LogP contribution >= 0.6 is 22.7 Å². The number of hydrogen-bond acceptors (Lipinski definition) is 7. The quantitative estimate of drug-likeness (QED) is 0.647. The normalized spacial score (nSPS) is 18.8. The highest BCUT2D eigenvalue weighted by molar-refractivity contribution is 7.91. The van der Waals surface area contributed by atoms with E-state index >= 15 is 0 Å². The molecule has 6 nitrogen and oxygen atoms in total. The number of sulfone groups is 1. The molecule has 1 saturated heterocycles. The summed E-state index contributed by atoms with van der Waals surface area (Å²) < 4.78 is 29.1. The van der Waals surface area contributed by atoms with E-state index in [0.29, 0.717) is 18.7 Å². The van der Waals surface area contributed by atoms with Crippen molar-refractivity contribution >= 4 is 38.4 Å². The molecule has 1 fully saturated rings. The molecule has 136 valence electrons. The number of carbonyl (C=O) groups excluding carboxylic acids is 1. The SMILES string of the molecule is O=C(c1cc(-c2cccs2)on1)N(Cc1cccs1)[C@H]1CCS(=O)(=O)C1. The lowest BCUT2D eigenvalue weighted by atomic mass is 10.2. The summed E-state index contributed by atoms with van der Waals surface area (Å²) >= 11 is 3.04. The number of aromatic nitrogens is 1. The van der Waals surface area contributed by atoms with Crippen molar-refractivity contribution in [1.29, 1.82) is 0 Å². The van der Waals surface area contributed by atoms with Crippen LogP contribution in [0.3, 0.4) is 0 Å². The van der Waals surface area contributed by atoms with Crippen LogP contribution in [0.2, 0.25) is 0 Å². The van der Waals surface area contributed by atoms with E-state index in [-0.39, 0.29) is 29.1 Å². The highest BCUT2D eigenvalue weighted by atomic mass is 32.2. The lowest BCUT2D eigenvalue weighted by Crippen LogP contribution is -2.40. The predicted molar refractivity (Wildman–Crippen MR) is 101 cm³/mol. The van der Waals surface area contributed by atoms with E-state index in [1.165, 1.54) is 11.3 Å². The molecule has 3 aromatic heterocycles. The van der Waals surface area contributed by atoms with Crippen LogP contribution in [0, 0.1) is 0 Å². The number of nitrogens with zero attached hydrogens (tertiary/aromatic N) is 2. The second kappa shape index (κ2) is 6.98. The first-order chi connectivity index (χ1) is 12.5. The molecule has 1 aliphatic rings. The molecule has 0 N–H and O–H groups in total. The van der Waals surface area contributed by atoms with Crippen molar-refractivity contribution < 1.29 is 17.7 Å². The van der Waals surface area contributed by atoms with E-state index in [4.69, 9.17) is 4.52 Å². The maximum Gasteiger partial charge on any atom is 0.276 e. The predicted octanol–water partition coefficient (Wildman–Crippen LogP) is 3.29. The Bertz CT molecular complexity index is 991. The average molecular weight is 409 g/mol. The van der Waals surface area contributed by atoms with E-state index < -0.39 is 9.84 Å². The first kappa shape index (κ1) is 17.4. The van der Waals surface area contributed by atoms with E-state index in [0.717, 1.165) is 9.75 Å². The lowest BCUT2D eigenvalue weighted by Gasteiger charge is -2.26. The number of hydrogen-bond donors (Lipinski definition) is 0. The zero-order valence-corrected chi connectivity index (χ0v) is 16.1. The summed E-state index contributed by atoms with van der Waals surface area (Å²) in [7, 11) is -3.10. The Morgan fingerprint density at radius 1 is 1.27 bits per heavy atom. The van der Waals surface area contributed by atoms with Crippen LogP contribution in [0.25, 0.3) is 10.6 Å². The molecule has 1 atom stereocenters. The Labute approximate surface area is 159 Å². The van der Waals surface area contributed by atoms with Crippen molar-refractivity contribution in [3.8, 4) is 10.6 Å².